The molecular weight excluding hydrogens is 327 g/mol. The molecule has 1 heterocycles. The Morgan fingerprint density at radius 1 is 1.33 bits per heavy atom. The highest BCUT2D eigenvalue weighted by Crippen LogP contribution is 2.32. The highest BCUT2D eigenvalue weighted by molar-refractivity contribution is 7.85. The first kappa shape index (κ1) is 16.2. The first-order valence-corrected chi connectivity index (χ1v) is 8.46. The monoisotopic (exact) mass is 340 g/mol. The first-order chi connectivity index (χ1) is 9.58. The van der Waals surface area contributed by atoms with Crippen molar-refractivity contribution in [2.45, 2.75) is 26.1 Å². The van der Waals surface area contributed by atoms with E-state index in [1.165, 1.54) is 17.4 Å². The number of nitrogens with zero attached hydrogens (tertiary/aromatic N) is 1. The third-order valence-electron chi connectivity index (χ3n) is 3.00. The molecule has 1 aromatic carbocycles. The number of alkyl halides is 3. The normalized spacial score (nSPS) is 13.0. The molecule has 21 heavy (non-hydrogen) atoms. The van der Waals surface area contributed by atoms with Gasteiger partial charge in [-0.05, 0) is 12.1 Å². The molecule has 0 fully saturated rings. The van der Waals surface area contributed by atoms with E-state index in [0.29, 0.717) is 10.2 Å². The molecule has 0 aliphatic heterocycles. The number of halogens is 3. The van der Waals surface area contributed by atoms with Crippen molar-refractivity contribution in [3.8, 4) is 0 Å². The minimum atomic E-state index is -4.42. The van der Waals surface area contributed by atoms with Crippen LogP contribution in [0.4, 0.5) is 13.2 Å². The second kappa shape index (κ2) is 5.54. The third kappa shape index (κ3) is 3.92. The highest BCUT2D eigenvalue weighted by Gasteiger charge is 2.32. The zero-order valence-electron chi connectivity index (χ0n) is 11.0. The fourth-order valence-electron chi connectivity index (χ4n) is 2.06. The standard InChI is InChI=1S/C12H12F3NO3S2/c1-8-16(5-2-6-21(17,18)19)10-7-9(12(13,14)15)3-4-11(10)20-8/h3-4,7H,2,5-6H2,1H3/p+1. The van der Waals surface area contributed by atoms with Gasteiger partial charge in [0.15, 0.2) is 6.54 Å². The molecule has 116 valence electrons. The maximum atomic E-state index is 12.7. The van der Waals surface area contributed by atoms with Crippen LogP contribution in [0, 0.1) is 6.92 Å². The molecule has 0 spiro atoms. The quantitative estimate of drug-likeness (QED) is 0.688. The van der Waals surface area contributed by atoms with Crippen LogP contribution in [0.1, 0.15) is 17.0 Å². The van der Waals surface area contributed by atoms with Gasteiger partial charge in [-0.3, -0.25) is 4.55 Å². The summed E-state index contributed by atoms with van der Waals surface area (Å²) < 4.78 is 70.7. The van der Waals surface area contributed by atoms with Gasteiger partial charge in [-0.2, -0.15) is 26.2 Å². The van der Waals surface area contributed by atoms with E-state index in [4.69, 9.17) is 4.55 Å². The number of aromatic nitrogens is 1. The van der Waals surface area contributed by atoms with Crippen LogP contribution in [0.25, 0.3) is 10.2 Å². The van der Waals surface area contributed by atoms with E-state index in [0.717, 1.165) is 17.1 Å². The number of rotatable bonds is 4. The van der Waals surface area contributed by atoms with Gasteiger partial charge in [0, 0.05) is 19.4 Å². The smallest absolute Gasteiger partial charge is 0.286 e. The molecule has 0 unspecified atom stereocenters. The summed E-state index contributed by atoms with van der Waals surface area (Å²) in [6.45, 7) is 1.98. The molecule has 0 radical (unpaired) electrons. The largest absolute Gasteiger partial charge is 0.416 e. The second-order valence-electron chi connectivity index (χ2n) is 4.59. The van der Waals surface area contributed by atoms with Crippen LogP contribution in [0.15, 0.2) is 18.2 Å². The van der Waals surface area contributed by atoms with Crippen molar-refractivity contribution < 1.29 is 30.7 Å². The van der Waals surface area contributed by atoms with Crippen molar-refractivity contribution in [3.63, 3.8) is 0 Å². The van der Waals surface area contributed by atoms with Crippen LogP contribution in [-0.4, -0.2) is 18.7 Å². The van der Waals surface area contributed by atoms with Gasteiger partial charge >= 0.3 is 6.18 Å². The van der Waals surface area contributed by atoms with Crippen LogP contribution in [-0.2, 0) is 22.8 Å². The van der Waals surface area contributed by atoms with Crippen molar-refractivity contribution in [3.05, 3.63) is 28.8 Å². The van der Waals surface area contributed by atoms with Crippen LogP contribution >= 0.6 is 11.3 Å². The Morgan fingerprint density at radius 2 is 2.00 bits per heavy atom. The number of aryl methyl sites for hydroxylation is 2. The van der Waals surface area contributed by atoms with Crippen LogP contribution in [0.2, 0.25) is 0 Å². The molecule has 0 saturated carbocycles. The number of hydrogen-bond donors (Lipinski definition) is 1. The average Bonchev–Trinajstić information content (AvgIpc) is 2.62. The summed E-state index contributed by atoms with van der Waals surface area (Å²) in [5.41, 5.74) is -0.320. The summed E-state index contributed by atoms with van der Waals surface area (Å²) in [5, 5.41) is 0.777. The molecule has 9 heteroatoms. The molecule has 1 aromatic heterocycles. The number of hydrogen-bond acceptors (Lipinski definition) is 3. The molecule has 0 bridgehead atoms. The number of benzene rings is 1. The zero-order valence-corrected chi connectivity index (χ0v) is 12.6. The van der Waals surface area contributed by atoms with Gasteiger partial charge in [0.2, 0.25) is 10.5 Å². The fourth-order valence-corrected chi connectivity index (χ4v) is 3.58. The third-order valence-corrected chi connectivity index (χ3v) is 4.88. The van der Waals surface area contributed by atoms with E-state index in [1.54, 1.807) is 11.5 Å². The molecule has 2 rings (SSSR count). The van der Waals surface area contributed by atoms with Crippen LogP contribution in [0.3, 0.4) is 0 Å². The van der Waals surface area contributed by atoms with Gasteiger partial charge in [0.1, 0.15) is 4.70 Å². The van der Waals surface area contributed by atoms with Gasteiger partial charge in [-0.1, -0.05) is 11.3 Å². The first-order valence-electron chi connectivity index (χ1n) is 6.03. The summed E-state index contributed by atoms with van der Waals surface area (Å²) in [7, 11) is -4.06. The van der Waals surface area contributed by atoms with Crippen molar-refractivity contribution in [1.82, 2.24) is 0 Å². The molecule has 0 amide bonds. The van der Waals surface area contributed by atoms with E-state index in [1.807, 2.05) is 0 Å². The molecule has 0 atom stereocenters. The molecule has 4 nitrogen and oxygen atoms in total. The van der Waals surface area contributed by atoms with Crippen molar-refractivity contribution in [2.75, 3.05) is 5.75 Å². The van der Waals surface area contributed by atoms with Gasteiger partial charge in [-0.25, -0.2) is 0 Å². The van der Waals surface area contributed by atoms with Crippen molar-refractivity contribution in [1.29, 1.82) is 0 Å². The Hall–Kier alpha value is -1.19. The Bertz CT molecular complexity index is 766. The van der Waals surface area contributed by atoms with Gasteiger partial charge in [-0.15, -0.1) is 0 Å². The molecule has 2 aromatic rings. The summed E-state index contributed by atoms with van der Waals surface area (Å²) in [6, 6.07) is 3.50. The molecule has 0 aliphatic carbocycles. The van der Waals surface area contributed by atoms with E-state index < -0.39 is 27.6 Å². The van der Waals surface area contributed by atoms with E-state index in [-0.39, 0.29) is 13.0 Å². The Morgan fingerprint density at radius 3 is 2.57 bits per heavy atom. The molecule has 0 aliphatic rings. The maximum absolute atomic E-state index is 12.7. The average molecular weight is 340 g/mol. The number of fused-ring (bicyclic) bond motifs is 1. The van der Waals surface area contributed by atoms with Crippen molar-refractivity contribution >= 4 is 31.7 Å². The Balaban J connectivity index is 2.36. The fraction of sp³-hybridized carbons (Fsp3) is 0.417. The predicted molar refractivity (Wildman–Crippen MR) is 72.8 cm³/mol. The summed E-state index contributed by atoms with van der Waals surface area (Å²) in [6.07, 6.45) is -4.29. The van der Waals surface area contributed by atoms with Crippen LogP contribution in [0.5, 0.6) is 0 Å². The molecule has 0 saturated heterocycles. The SMILES string of the molecule is Cc1sc2ccc(C(F)(F)F)cc2[n+]1CCCS(=O)(=O)O. The molecule has 1 N–H and O–H groups in total. The van der Waals surface area contributed by atoms with E-state index >= 15 is 0 Å². The van der Waals surface area contributed by atoms with Crippen molar-refractivity contribution in [2.24, 2.45) is 0 Å². The Labute approximate surface area is 123 Å². The zero-order chi connectivity index (χ0) is 15.8. The lowest BCUT2D eigenvalue weighted by atomic mass is 10.2. The second-order valence-corrected chi connectivity index (χ2v) is 7.40. The van der Waals surface area contributed by atoms with Crippen LogP contribution < -0.4 is 4.57 Å². The van der Waals surface area contributed by atoms with E-state index in [9.17, 15) is 21.6 Å². The predicted octanol–water partition coefficient (Wildman–Crippen LogP) is 2.79. The Kier molecular flexibility index (Phi) is 4.27. The lowest BCUT2D eigenvalue weighted by molar-refractivity contribution is -0.672. The minimum Gasteiger partial charge on any atom is -0.286 e. The van der Waals surface area contributed by atoms with Gasteiger partial charge in [0.25, 0.3) is 10.1 Å². The van der Waals surface area contributed by atoms with Gasteiger partial charge in [0.05, 0.1) is 11.3 Å². The number of thiazole rings is 1. The lowest BCUT2D eigenvalue weighted by Gasteiger charge is -2.05. The highest BCUT2D eigenvalue weighted by atomic mass is 32.2. The molecular formula is C12H13F3NO3S2+. The summed E-state index contributed by atoms with van der Waals surface area (Å²) in [4.78, 5) is 0. The minimum absolute atomic E-state index is 0.131. The van der Waals surface area contributed by atoms with E-state index in [2.05, 4.69) is 0 Å². The maximum Gasteiger partial charge on any atom is 0.416 e. The summed E-state index contributed by atoms with van der Waals surface area (Å²) in [5.74, 6) is -0.421. The van der Waals surface area contributed by atoms with Gasteiger partial charge < -0.3 is 0 Å². The topological polar surface area (TPSA) is 58.2 Å². The summed E-state index contributed by atoms with van der Waals surface area (Å²) >= 11 is 1.34. The lowest BCUT2D eigenvalue weighted by Crippen LogP contribution is -2.36.